The second kappa shape index (κ2) is 11.9. The lowest BCUT2D eigenvalue weighted by molar-refractivity contribution is -0.147. The summed E-state index contributed by atoms with van der Waals surface area (Å²) in [5.41, 5.74) is 10.7. The van der Waals surface area contributed by atoms with Gasteiger partial charge in [-0.3, -0.25) is 14.4 Å². The predicted octanol–water partition coefficient (Wildman–Crippen LogP) is -1.46. The number of nitrogens with two attached hydrogens (primary N) is 2. The summed E-state index contributed by atoms with van der Waals surface area (Å²) in [4.78, 5) is 34.6. The van der Waals surface area contributed by atoms with Gasteiger partial charge in [0.25, 0.3) is 0 Å². The van der Waals surface area contributed by atoms with E-state index in [0.717, 1.165) is 0 Å². The minimum atomic E-state index is -1.27. The number of aliphatic carboxylic acids is 1. The van der Waals surface area contributed by atoms with Crippen molar-refractivity contribution in [3.05, 3.63) is 0 Å². The van der Waals surface area contributed by atoms with Gasteiger partial charge in [0.1, 0.15) is 5.78 Å². The summed E-state index contributed by atoms with van der Waals surface area (Å²) in [6.45, 7) is 1.48. The van der Waals surface area contributed by atoms with E-state index in [4.69, 9.17) is 33.9 Å². The molecule has 1 amide bonds. The van der Waals surface area contributed by atoms with Crippen LogP contribution < -0.4 is 16.8 Å². The van der Waals surface area contributed by atoms with Crippen LogP contribution in [0.4, 0.5) is 0 Å². The maximum Gasteiger partial charge on any atom is 0.309 e. The SMILES string of the molecule is CC(O)[C@H](CC(=O)C[C@@H](CC(N)=O)C(=S)NCC[C@@H](N)CO)C(=O)O. The number of ketones is 1. The molecule has 10 heteroatoms. The third-order valence-electron chi connectivity index (χ3n) is 3.69. The van der Waals surface area contributed by atoms with Crippen molar-refractivity contribution in [2.75, 3.05) is 13.2 Å². The number of carboxylic acids is 1. The molecule has 0 radical (unpaired) electrons. The van der Waals surface area contributed by atoms with E-state index in [1.54, 1.807) is 0 Å². The first-order valence-corrected chi connectivity index (χ1v) is 8.34. The molecule has 0 aromatic rings. The van der Waals surface area contributed by atoms with Crippen molar-refractivity contribution >= 4 is 34.9 Å². The van der Waals surface area contributed by atoms with Crippen LogP contribution in [0.5, 0.6) is 0 Å². The molecule has 0 aromatic carbocycles. The number of Topliss-reactive ketones (excluding diaryl/α,β-unsaturated/α-hetero) is 1. The van der Waals surface area contributed by atoms with Gasteiger partial charge in [-0.2, -0.15) is 0 Å². The van der Waals surface area contributed by atoms with Crippen molar-refractivity contribution in [3.63, 3.8) is 0 Å². The van der Waals surface area contributed by atoms with Crippen LogP contribution in [0.3, 0.4) is 0 Å². The molecule has 0 saturated carbocycles. The van der Waals surface area contributed by atoms with Gasteiger partial charge in [0.2, 0.25) is 5.91 Å². The number of aliphatic hydroxyl groups excluding tert-OH is 2. The van der Waals surface area contributed by atoms with Crippen molar-refractivity contribution in [3.8, 4) is 0 Å². The fourth-order valence-electron chi connectivity index (χ4n) is 2.18. The highest BCUT2D eigenvalue weighted by atomic mass is 32.1. The molecule has 0 saturated heterocycles. The van der Waals surface area contributed by atoms with E-state index in [1.807, 2.05) is 0 Å². The summed E-state index contributed by atoms with van der Waals surface area (Å²) in [7, 11) is 0. The molecule has 4 atom stereocenters. The lowest BCUT2D eigenvalue weighted by Crippen LogP contribution is -2.37. The smallest absolute Gasteiger partial charge is 0.309 e. The van der Waals surface area contributed by atoms with Crippen LogP contribution in [0.15, 0.2) is 0 Å². The number of primary amides is 1. The van der Waals surface area contributed by atoms with Crippen molar-refractivity contribution < 1.29 is 29.7 Å². The number of hydrogen-bond acceptors (Lipinski definition) is 7. The highest BCUT2D eigenvalue weighted by molar-refractivity contribution is 7.80. The van der Waals surface area contributed by atoms with E-state index >= 15 is 0 Å². The predicted molar refractivity (Wildman–Crippen MR) is 94.6 cm³/mol. The Kier molecular flexibility index (Phi) is 11.1. The van der Waals surface area contributed by atoms with Crippen molar-refractivity contribution in [1.29, 1.82) is 0 Å². The molecule has 0 aliphatic heterocycles. The van der Waals surface area contributed by atoms with Gasteiger partial charge in [-0.05, 0) is 13.3 Å². The lowest BCUT2D eigenvalue weighted by Gasteiger charge is -2.20. The minimum absolute atomic E-state index is 0.155. The minimum Gasteiger partial charge on any atom is -0.481 e. The highest BCUT2D eigenvalue weighted by Crippen LogP contribution is 2.17. The summed E-state index contributed by atoms with van der Waals surface area (Å²) in [5.74, 6) is -4.22. The molecule has 0 rings (SSSR count). The van der Waals surface area contributed by atoms with Crippen LogP contribution in [0.1, 0.15) is 32.6 Å². The number of carbonyl (C=O) groups excluding carboxylic acids is 2. The zero-order chi connectivity index (χ0) is 19.6. The van der Waals surface area contributed by atoms with Crippen LogP contribution in [0, 0.1) is 11.8 Å². The summed E-state index contributed by atoms with van der Waals surface area (Å²) in [6, 6.07) is -0.408. The van der Waals surface area contributed by atoms with Crippen LogP contribution >= 0.6 is 12.2 Å². The molecular weight excluding hydrogens is 350 g/mol. The quantitative estimate of drug-likeness (QED) is 0.209. The number of thiocarbonyl (C=S) groups is 1. The molecular formula is C15H27N3O6S. The third-order valence-corrected chi connectivity index (χ3v) is 4.17. The Morgan fingerprint density at radius 1 is 1.20 bits per heavy atom. The van der Waals surface area contributed by atoms with Crippen molar-refractivity contribution in [2.45, 2.75) is 44.8 Å². The van der Waals surface area contributed by atoms with Gasteiger partial charge in [0, 0.05) is 37.8 Å². The second-order valence-corrected chi connectivity index (χ2v) is 6.46. The number of amides is 1. The molecule has 0 aliphatic carbocycles. The number of nitrogens with one attached hydrogen (secondary N) is 1. The van der Waals surface area contributed by atoms with Crippen LogP contribution in [-0.2, 0) is 14.4 Å². The average Bonchev–Trinajstić information content (AvgIpc) is 2.50. The Morgan fingerprint density at radius 3 is 2.24 bits per heavy atom. The molecule has 8 N–H and O–H groups in total. The van der Waals surface area contributed by atoms with Crippen molar-refractivity contribution in [1.82, 2.24) is 5.32 Å². The highest BCUT2D eigenvalue weighted by Gasteiger charge is 2.28. The van der Waals surface area contributed by atoms with Gasteiger partial charge in [-0.1, -0.05) is 12.2 Å². The molecule has 0 heterocycles. The molecule has 0 fully saturated rings. The Hall–Kier alpha value is -1.62. The summed E-state index contributed by atoms with van der Waals surface area (Å²) in [5, 5.41) is 30.2. The van der Waals surface area contributed by atoms with Gasteiger partial charge in [-0.25, -0.2) is 0 Å². The number of carbonyl (C=O) groups is 3. The Labute approximate surface area is 151 Å². The van der Waals surface area contributed by atoms with Gasteiger partial charge in [-0.15, -0.1) is 0 Å². The lowest BCUT2D eigenvalue weighted by atomic mass is 9.91. The van der Waals surface area contributed by atoms with E-state index in [-0.39, 0.29) is 30.9 Å². The maximum atomic E-state index is 12.1. The first-order chi connectivity index (χ1) is 11.6. The van der Waals surface area contributed by atoms with Crippen LogP contribution in [-0.4, -0.2) is 63.3 Å². The Morgan fingerprint density at radius 2 is 1.80 bits per heavy atom. The molecule has 0 bridgehead atoms. The van der Waals surface area contributed by atoms with Gasteiger partial charge in [0.15, 0.2) is 0 Å². The Bertz CT molecular complexity index is 486. The Balaban J connectivity index is 4.75. The van der Waals surface area contributed by atoms with Crippen LogP contribution in [0.2, 0.25) is 0 Å². The summed E-state index contributed by atoms with van der Waals surface area (Å²) in [6.07, 6.45) is -1.41. The van der Waals surface area contributed by atoms with Gasteiger partial charge >= 0.3 is 5.97 Å². The molecule has 0 spiro atoms. The first-order valence-electron chi connectivity index (χ1n) is 7.93. The maximum absolute atomic E-state index is 12.1. The van der Waals surface area contributed by atoms with E-state index in [2.05, 4.69) is 5.32 Å². The first kappa shape index (κ1) is 23.4. The molecule has 25 heavy (non-hydrogen) atoms. The molecule has 144 valence electrons. The third kappa shape index (κ3) is 10.1. The molecule has 9 nitrogen and oxygen atoms in total. The molecule has 0 aliphatic rings. The standard InChI is InChI=1S/C15H27N3O6S/c1-8(20)12(15(23)24)6-11(21)4-9(5-13(17)22)14(25)18-3-2-10(16)7-19/h8-10,12,19-20H,2-7,16H2,1H3,(H2,17,22)(H,18,25)(H,23,24)/t8?,9-,10+,12-/m0/s1. The van der Waals surface area contributed by atoms with Gasteiger partial charge < -0.3 is 32.1 Å². The number of hydrogen-bond donors (Lipinski definition) is 6. The molecule has 0 aromatic heterocycles. The largest absolute Gasteiger partial charge is 0.481 e. The van der Waals surface area contributed by atoms with E-state index in [1.165, 1.54) is 6.92 Å². The van der Waals surface area contributed by atoms with E-state index in [9.17, 15) is 19.5 Å². The monoisotopic (exact) mass is 377 g/mol. The second-order valence-electron chi connectivity index (χ2n) is 6.02. The fraction of sp³-hybridized carbons (Fsp3) is 0.733. The zero-order valence-corrected chi connectivity index (χ0v) is 15.0. The van der Waals surface area contributed by atoms with E-state index in [0.29, 0.717) is 13.0 Å². The topological polar surface area (TPSA) is 176 Å². The molecule has 1 unspecified atom stereocenters. The van der Waals surface area contributed by atoms with Gasteiger partial charge in [0.05, 0.1) is 23.6 Å². The van der Waals surface area contributed by atoms with E-state index < -0.39 is 41.6 Å². The summed E-state index contributed by atoms with van der Waals surface area (Å²) >= 11 is 5.18. The zero-order valence-electron chi connectivity index (χ0n) is 14.2. The fourth-order valence-corrected chi connectivity index (χ4v) is 2.45. The number of rotatable bonds is 13. The summed E-state index contributed by atoms with van der Waals surface area (Å²) < 4.78 is 0. The number of carboxylic acid groups (broad SMARTS) is 1. The normalized spacial score (nSPS) is 15.7. The average molecular weight is 377 g/mol. The van der Waals surface area contributed by atoms with Crippen molar-refractivity contribution in [2.24, 2.45) is 23.3 Å². The number of aliphatic hydroxyl groups is 2. The van der Waals surface area contributed by atoms with Crippen LogP contribution in [0.25, 0.3) is 0 Å².